The van der Waals surface area contributed by atoms with E-state index >= 15 is 0 Å². The minimum Gasteiger partial charge on any atom is -0.370 e. The van der Waals surface area contributed by atoms with Crippen molar-refractivity contribution in [3.8, 4) is 0 Å². The average molecular weight is 180 g/mol. The zero-order valence-electron chi connectivity index (χ0n) is 6.36. The summed E-state index contributed by atoms with van der Waals surface area (Å²) in [6, 6.07) is 0. The summed E-state index contributed by atoms with van der Waals surface area (Å²) in [5, 5.41) is 0. The summed E-state index contributed by atoms with van der Waals surface area (Å²) in [5.41, 5.74) is 10.0. The Balaban J connectivity index is 4.13. The lowest BCUT2D eigenvalue weighted by molar-refractivity contribution is -0.118. The van der Waals surface area contributed by atoms with Crippen LogP contribution >= 0.6 is 7.37 Å². The number of hydrogen-bond donors (Lipinski definition) is 3. The minimum atomic E-state index is -3.34. The van der Waals surface area contributed by atoms with Crippen LogP contribution in [0.15, 0.2) is 0 Å². The molecule has 0 radical (unpaired) electrons. The van der Waals surface area contributed by atoms with Gasteiger partial charge in [0.2, 0.25) is 13.3 Å². The first-order valence-electron chi connectivity index (χ1n) is 3.25. The third-order valence-corrected chi connectivity index (χ3v) is 3.51. The second kappa shape index (κ2) is 3.85. The van der Waals surface area contributed by atoms with Crippen molar-refractivity contribution in [1.82, 2.24) is 0 Å². The van der Waals surface area contributed by atoms with Crippen LogP contribution in [-0.4, -0.2) is 22.7 Å². The molecule has 0 saturated carbocycles. The van der Waals surface area contributed by atoms with Gasteiger partial charge in [0.15, 0.2) is 0 Å². The molecule has 5 N–H and O–H groups in total. The van der Waals surface area contributed by atoms with Gasteiger partial charge in [0.1, 0.15) is 0 Å². The molecule has 0 bridgehead atoms. The van der Waals surface area contributed by atoms with Gasteiger partial charge in [-0.1, -0.05) is 6.92 Å². The van der Waals surface area contributed by atoms with Gasteiger partial charge in [-0.05, 0) is 0 Å². The minimum absolute atomic E-state index is 0.0709. The number of carbonyl (C=O) groups excluding carboxylic acids is 1. The van der Waals surface area contributed by atoms with Gasteiger partial charge in [0, 0.05) is 6.16 Å². The Kier molecular flexibility index (Phi) is 3.72. The topological polar surface area (TPSA) is 106 Å². The summed E-state index contributed by atoms with van der Waals surface area (Å²) in [4.78, 5) is 19.3. The van der Waals surface area contributed by atoms with Crippen LogP contribution in [0, 0.1) is 0 Å². The molecule has 11 heavy (non-hydrogen) atoms. The Morgan fingerprint density at radius 1 is 1.73 bits per heavy atom. The summed E-state index contributed by atoms with van der Waals surface area (Å²) >= 11 is 0. The van der Waals surface area contributed by atoms with Crippen molar-refractivity contribution in [1.29, 1.82) is 0 Å². The highest BCUT2D eigenvalue weighted by atomic mass is 31.2. The van der Waals surface area contributed by atoms with Crippen molar-refractivity contribution in [3.05, 3.63) is 0 Å². The molecular formula is C5H13N2O3P. The molecule has 1 amide bonds. The first-order chi connectivity index (χ1) is 4.90. The number of hydrogen-bond acceptors (Lipinski definition) is 3. The van der Waals surface area contributed by atoms with Gasteiger partial charge in [-0.15, -0.1) is 0 Å². The van der Waals surface area contributed by atoms with Crippen LogP contribution in [-0.2, 0) is 9.36 Å². The fraction of sp³-hybridized carbons (Fsp3) is 0.800. The molecule has 0 aromatic carbocycles. The van der Waals surface area contributed by atoms with E-state index in [0.717, 1.165) is 0 Å². The summed E-state index contributed by atoms with van der Waals surface area (Å²) < 4.78 is 11.0. The largest absolute Gasteiger partial charge is 0.370 e. The lowest BCUT2D eigenvalue weighted by atomic mass is 10.4. The number of rotatable bonds is 4. The average Bonchev–Trinajstić information content (AvgIpc) is 1.86. The molecule has 0 aromatic heterocycles. The summed E-state index contributed by atoms with van der Waals surface area (Å²) in [7, 11) is -3.34. The Hall–Kier alpha value is -0.380. The lowest BCUT2D eigenvalue weighted by Gasteiger charge is -2.15. The molecule has 0 aliphatic rings. The van der Waals surface area contributed by atoms with E-state index in [1.54, 1.807) is 6.92 Å². The van der Waals surface area contributed by atoms with E-state index in [4.69, 9.17) is 16.4 Å². The van der Waals surface area contributed by atoms with Gasteiger partial charge in [0.25, 0.3) is 0 Å². The third kappa shape index (κ3) is 3.51. The van der Waals surface area contributed by atoms with E-state index in [1.807, 2.05) is 0 Å². The Bertz CT molecular complexity index is 194. The summed E-state index contributed by atoms with van der Waals surface area (Å²) in [5.74, 6) is -1.66. The highest BCUT2D eigenvalue weighted by Gasteiger charge is 2.26. The lowest BCUT2D eigenvalue weighted by Crippen LogP contribution is -2.28. The quantitative estimate of drug-likeness (QED) is 0.504. The number of primary amides is 1. The second-order valence-electron chi connectivity index (χ2n) is 2.31. The Morgan fingerprint density at radius 2 is 2.18 bits per heavy atom. The zero-order valence-corrected chi connectivity index (χ0v) is 7.25. The molecule has 5 nitrogen and oxygen atoms in total. The summed E-state index contributed by atoms with van der Waals surface area (Å²) in [6.45, 7) is 1.54. The fourth-order valence-electron chi connectivity index (χ4n) is 0.583. The van der Waals surface area contributed by atoms with Crippen molar-refractivity contribution in [2.24, 2.45) is 11.5 Å². The fourth-order valence-corrected chi connectivity index (χ4v) is 1.52. The molecule has 2 atom stereocenters. The molecule has 6 heteroatoms. The van der Waals surface area contributed by atoms with Crippen molar-refractivity contribution in [3.63, 3.8) is 0 Å². The monoisotopic (exact) mass is 180 g/mol. The van der Waals surface area contributed by atoms with E-state index in [2.05, 4.69) is 0 Å². The predicted molar refractivity (Wildman–Crippen MR) is 42.2 cm³/mol. The van der Waals surface area contributed by atoms with Crippen LogP contribution in [0.4, 0.5) is 0 Å². The standard InChI is InChI=1S/C5H13N2O3P/c1-2-11(9,10)5(7)3-4(6)8/h5H,2-3,7H2,1H3,(H2,6,8)(H,9,10). The van der Waals surface area contributed by atoms with Crippen molar-refractivity contribution < 1.29 is 14.3 Å². The van der Waals surface area contributed by atoms with E-state index in [-0.39, 0.29) is 12.6 Å². The maximum absolute atomic E-state index is 11.0. The van der Waals surface area contributed by atoms with Crippen LogP contribution in [0.1, 0.15) is 13.3 Å². The van der Waals surface area contributed by atoms with Gasteiger partial charge >= 0.3 is 0 Å². The normalized spacial score (nSPS) is 18.8. The van der Waals surface area contributed by atoms with E-state index in [9.17, 15) is 9.36 Å². The molecule has 0 aromatic rings. The van der Waals surface area contributed by atoms with Crippen LogP contribution in [0.25, 0.3) is 0 Å². The molecule has 0 spiro atoms. The van der Waals surface area contributed by atoms with Crippen LogP contribution in [0.5, 0.6) is 0 Å². The summed E-state index contributed by atoms with van der Waals surface area (Å²) in [6.07, 6.45) is -0.164. The first kappa shape index (κ1) is 10.6. The van der Waals surface area contributed by atoms with Crippen molar-refractivity contribution >= 4 is 13.3 Å². The van der Waals surface area contributed by atoms with Gasteiger partial charge in [-0.2, -0.15) is 0 Å². The molecule has 0 aliphatic carbocycles. The predicted octanol–water partition coefficient (Wildman–Crippen LogP) is -0.563. The molecule has 0 fully saturated rings. The van der Waals surface area contributed by atoms with E-state index < -0.39 is 19.1 Å². The highest BCUT2D eigenvalue weighted by Crippen LogP contribution is 2.44. The molecule has 0 heterocycles. The number of carbonyl (C=O) groups is 1. The Morgan fingerprint density at radius 3 is 2.45 bits per heavy atom. The second-order valence-corrected chi connectivity index (χ2v) is 5.12. The van der Waals surface area contributed by atoms with Gasteiger partial charge in [-0.25, -0.2) is 0 Å². The molecular weight excluding hydrogens is 167 g/mol. The molecule has 66 valence electrons. The highest BCUT2D eigenvalue weighted by molar-refractivity contribution is 7.58. The zero-order chi connectivity index (χ0) is 9.07. The van der Waals surface area contributed by atoms with Gasteiger partial charge in [-0.3, -0.25) is 9.36 Å². The first-order valence-corrected chi connectivity index (χ1v) is 5.17. The van der Waals surface area contributed by atoms with E-state index in [0.29, 0.717) is 0 Å². The van der Waals surface area contributed by atoms with E-state index in [1.165, 1.54) is 0 Å². The van der Waals surface area contributed by atoms with Gasteiger partial charge in [0.05, 0.1) is 12.2 Å². The van der Waals surface area contributed by atoms with Crippen LogP contribution < -0.4 is 11.5 Å². The maximum Gasteiger partial charge on any atom is 0.219 e. The van der Waals surface area contributed by atoms with Crippen molar-refractivity contribution in [2.75, 3.05) is 6.16 Å². The smallest absolute Gasteiger partial charge is 0.219 e. The Labute approximate surface area is 65.2 Å². The third-order valence-electron chi connectivity index (χ3n) is 1.38. The molecule has 0 aliphatic heterocycles. The molecule has 0 saturated heterocycles. The number of nitrogens with two attached hydrogens (primary N) is 2. The van der Waals surface area contributed by atoms with Crippen LogP contribution in [0.3, 0.4) is 0 Å². The molecule has 2 unspecified atom stereocenters. The SMILES string of the molecule is CCP(=O)(O)C(N)CC(N)=O. The maximum atomic E-state index is 11.0. The van der Waals surface area contributed by atoms with Crippen molar-refractivity contribution in [2.45, 2.75) is 19.1 Å². The number of amides is 1. The molecule has 0 rings (SSSR count). The van der Waals surface area contributed by atoms with Crippen LogP contribution in [0.2, 0.25) is 0 Å². The van der Waals surface area contributed by atoms with Gasteiger partial charge < -0.3 is 16.4 Å².